The van der Waals surface area contributed by atoms with Gasteiger partial charge in [0.2, 0.25) is 5.91 Å². The fourth-order valence-corrected chi connectivity index (χ4v) is 4.07. The lowest BCUT2D eigenvalue weighted by Gasteiger charge is -2.19. The third kappa shape index (κ3) is 4.47. The van der Waals surface area contributed by atoms with Crippen LogP contribution in [-0.4, -0.2) is 21.1 Å². The number of carbonyl (C=O) groups excluding carboxylic acids is 1. The van der Waals surface area contributed by atoms with Gasteiger partial charge in [-0.2, -0.15) is 5.26 Å². The van der Waals surface area contributed by atoms with Crippen LogP contribution < -0.4 is 21.0 Å². The van der Waals surface area contributed by atoms with Gasteiger partial charge in [-0.25, -0.2) is 0 Å². The molecule has 0 aliphatic heterocycles. The molecule has 1 amide bonds. The van der Waals surface area contributed by atoms with Crippen molar-refractivity contribution in [2.24, 2.45) is 5.73 Å². The molecular formula is C19H23N3O2Si. The van der Waals surface area contributed by atoms with E-state index in [0.717, 1.165) is 5.19 Å². The van der Waals surface area contributed by atoms with Crippen LogP contribution in [0.3, 0.4) is 0 Å². The molecule has 1 atom stereocenters. The molecule has 0 aromatic heterocycles. The lowest BCUT2D eigenvalue weighted by molar-refractivity contribution is -0.117. The molecule has 0 aliphatic carbocycles. The molecule has 2 aromatic carbocycles. The SMILES string of the molecule is COc1ccc(C(N)C(=O)Nc2ccc([Si](C)(C)C)c(C#N)c2)cc1. The van der Waals surface area contributed by atoms with Gasteiger partial charge in [0.15, 0.2) is 0 Å². The number of rotatable bonds is 5. The average Bonchev–Trinajstić information content (AvgIpc) is 2.60. The summed E-state index contributed by atoms with van der Waals surface area (Å²) >= 11 is 0. The molecule has 2 aromatic rings. The van der Waals surface area contributed by atoms with Crippen LogP contribution in [0.1, 0.15) is 17.2 Å². The number of nitrogens with two attached hydrogens (primary N) is 1. The Morgan fingerprint density at radius 1 is 1.20 bits per heavy atom. The van der Waals surface area contributed by atoms with Crippen molar-refractivity contribution in [2.75, 3.05) is 12.4 Å². The fourth-order valence-electron chi connectivity index (χ4n) is 2.55. The smallest absolute Gasteiger partial charge is 0.245 e. The van der Waals surface area contributed by atoms with Crippen molar-refractivity contribution >= 4 is 24.9 Å². The Kier molecular flexibility index (Phi) is 5.62. The second-order valence-corrected chi connectivity index (χ2v) is 11.9. The molecule has 3 N–H and O–H groups in total. The number of methoxy groups -OCH3 is 1. The number of nitrogens with one attached hydrogen (secondary N) is 1. The van der Waals surface area contributed by atoms with Gasteiger partial charge in [-0.1, -0.05) is 37.8 Å². The van der Waals surface area contributed by atoms with E-state index in [0.29, 0.717) is 22.6 Å². The van der Waals surface area contributed by atoms with Gasteiger partial charge in [0.1, 0.15) is 11.8 Å². The summed E-state index contributed by atoms with van der Waals surface area (Å²) in [5.41, 5.74) is 7.91. The van der Waals surface area contributed by atoms with Crippen molar-refractivity contribution in [3.8, 4) is 11.8 Å². The van der Waals surface area contributed by atoms with Gasteiger partial charge in [-0.05, 0) is 35.0 Å². The number of carbonyl (C=O) groups is 1. The molecule has 2 rings (SSSR count). The van der Waals surface area contributed by atoms with Gasteiger partial charge < -0.3 is 15.8 Å². The number of ether oxygens (including phenoxy) is 1. The van der Waals surface area contributed by atoms with Crippen LogP contribution in [0.4, 0.5) is 5.69 Å². The van der Waals surface area contributed by atoms with Crippen LogP contribution in [0, 0.1) is 11.3 Å². The van der Waals surface area contributed by atoms with E-state index in [1.54, 1.807) is 37.4 Å². The summed E-state index contributed by atoms with van der Waals surface area (Å²) in [6.45, 7) is 6.54. The second kappa shape index (κ2) is 7.51. The number of nitrogens with zero attached hydrogens (tertiary/aromatic N) is 1. The number of amides is 1. The van der Waals surface area contributed by atoms with Gasteiger partial charge in [0.05, 0.1) is 26.8 Å². The number of anilines is 1. The molecule has 0 fully saturated rings. The standard InChI is InChI=1S/C19H23N3O2Si/c1-24-16-8-5-13(6-9-16)18(21)19(23)22-15-7-10-17(25(2,3)4)14(11-15)12-20/h5-11,18H,21H2,1-4H3,(H,22,23). The van der Waals surface area contributed by atoms with Gasteiger partial charge in [-0.15, -0.1) is 0 Å². The minimum atomic E-state index is -1.62. The maximum Gasteiger partial charge on any atom is 0.245 e. The predicted molar refractivity (Wildman–Crippen MR) is 103 cm³/mol. The summed E-state index contributed by atoms with van der Waals surface area (Å²) in [5, 5.41) is 13.3. The number of hydrogen-bond donors (Lipinski definition) is 2. The van der Waals surface area contributed by atoms with E-state index in [1.165, 1.54) is 0 Å². The van der Waals surface area contributed by atoms with Crippen LogP contribution >= 0.6 is 0 Å². The van der Waals surface area contributed by atoms with E-state index in [1.807, 2.05) is 12.1 Å². The highest BCUT2D eigenvalue weighted by Gasteiger charge is 2.21. The largest absolute Gasteiger partial charge is 0.497 e. The zero-order valence-corrected chi connectivity index (χ0v) is 16.0. The number of benzene rings is 2. The zero-order valence-electron chi connectivity index (χ0n) is 15.0. The Balaban J connectivity index is 2.18. The highest BCUT2D eigenvalue weighted by atomic mass is 28.3. The van der Waals surface area contributed by atoms with Crippen molar-refractivity contribution in [3.05, 3.63) is 53.6 Å². The summed E-state index contributed by atoms with van der Waals surface area (Å²) in [5.74, 6) is 0.381. The van der Waals surface area contributed by atoms with E-state index in [9.17, 15) is 10.1 Å². The van der Waals surface area contributed by atoms with Crippen molar-refractivity contribution in [1.29, 1.82) is 5.26 Å². The maximum absolute atomic E-state index is 12.4. The minimum Gasteiger partial charge on any atom is -0.497 e. The Bertz CT molecular complexity index is 805. The Hall–Kier alpha value is -2.62. The summed E-state index contributed by atoms with van der Waals surface area (Å²) in [6.07, 6.45) is 0. The molecule has 0 saturated carbocycles. The highest BCUT2D eigenvalue weighted by molar-refractivity contribution is 6.89. The minimum absolute atomic E-state index is 0.324. The third-order valence-electron chi connectivity index (χ3n) is 3.97. The molecule has 0 bridgehead atoms. The predicted octanol–water partition coefficient (Wildman–Crippen LogP) is 2.75. The van der Waals surface area contributed by atoms with Crippen molar-refractivity contribution in [2.45, 2.75) is 25.7 Å². The molecule has 5 nitrogen and oxygen atoms in total. The van der Waals surface area contributed by atoms with Crippen LogP contribution in [0.2, 0.25) is 19.6 Å². The summed E-state index contributed by atoms with van der Waals surface area (Å²) in [6, 6.07) is 14.0. The summed E-state index contributed by atoms with van der Waals surface area (Å²) in [4.78, 5) is 12.4. The zero-order chi connectivity index (χ0) is 18.6. The van der Waals surface area contributed by atoms with Gasteiger partial charge >= 0.3 is 0 Å². The van der Waals surface area contributed by atoms with Crippen LogP contribution in [0.15, 0.2) is 42.5 Å². The quantitative estimate of drug-likeness (QED) is 0.809. The van der Waals surface area contributed by atoms with Crippen molar-refractivity contribution in [3.63, 3.8) is 0 Å². The first-order valence-electron chi connectivity index (χ1n) is 8.01. The monoisotopic (exact) mass is 353 g/mol. The molecule has 0 aliphatic rings. The molecule has 0 heterocycles. The van der Waals surface area contributed by atoms with Crippen LogP contribution in [0.5, 0.6) is 5.75 Å². The average molecular weight is 353 g/mol. The van der Waals surface area contributed by atoms with Crippen molar-refractivity contribution in [1.82, 2.24) is 0 Å². The first-order valence-corrected chi connectivity index (χ1v) is 11.5. The highest BCUT2D eigenvalue weighted by Crippen LogP contribution is 2.19. The number of hydrogen-bond acceptors (Lipinski definition) is 4. The molecule has 130 valence electrons. The molecule has 1 unspecified atom stereocenters. The number of nitriles is 1. The van der Waals surface area contributed by atoms with Gasteiger partial charge in [-0.3, -0.25) is 4.79 Å². The van der Waals surface area contributed by atoms with E-state index in [-0.39, 0.29) is 5.91 Å². The summed E-state index contributed by atoms with van der Waals surface area (Å²) < 4.78 is 5.10. The Morgan fingerprint density at radius 3 is 2.36 bits per heavy atom. The molecule has 0 saturated heterocycles. The first-order chi connectivity index (χ1) is 11.8. The van der Waals surface area contributed by atoms with Gasteiger partial charge in [0, 0.05) is 5.69 Å². The Labute approximate surface area is 149 Å². The Morgan fingerprint density at radius 2 is 1.84 bits per heavy atom. The van der Waals surface area contributed by atoms with E-state index >= 15 is 0 Å². The van der Waals surface area contributed by atoms with E-state index in [4.69, 9.17) is 10.5 Å². The van der Waals surface area contributed by atoms with E-state index < -0.39 is 14.1 Å². The summed E-state index contributed by atoms with van der Waals surface area (Å²) in [7, 11) is -0.0352. The lowest BCUT2D eigenvalue weighted by Crippen LogP contribution is -2.39. The second-order valence-electron chi connectivity index (χ2n) is 6.86. The fraction of sp³-hybridized carbons (Fsp3) is 0.263. The van der Waals surface area contributed by atoms with Gasteiger partial charge in [0.25, 0.3) is 0 Å². The first kappa shape index (κ1) is 18.7. The van der Waals surface area contributed by atoms with Crippen LogP contribution in [0.25, 0.3) is 0 Å². The molecule has 6 heteroatoms. The molecule has 25 heavy (non-hydrogen) atoms. The maximum atomic E-state index is 12.4. The lowest BCUT2D eigenvalue weighted by atomic mass is 10.1. The molecule has 0 spiro atoms. The van der Waals surface area contributed by atoms with E-state index in [2.05, 4.69) is 31.0 Å². The normalized spacial score (nSPS) is 12.2. The molecular weight excluding hydrogens is 330 g/mol. The van der Waals surface area contributed by atoms with Crippen molar-refractivity contribution < 1.29 is 9.53 Å². The third-order valence-corrected chi connectivity index (χ3v) is 6.02. The van der Waals surface area contributed by atoms with Crippen LogP contribution in [-0.2, 0) is 4.79 Å². The topological polar surface area (TPSA) is 88.1 Å². The molecule has 0 radical (unpaired) electrons.